The molecule has 1 saturated heterocycles. The highest BCUT2D eigenvalue weighted by Crippen LogP contribution is 2.43. The molecule has 1 amide bonds. The number of likely N-dealkylation sites (tertiary alicyclic amines) is 1. The fourth-order valence-electron chi connectivity index (χ4n) is 3.95. The van der Waals surface area contributed by atoms with E-state index in [0.29, 0.717) is 11.8 Å². The van der Waals surface area contributed by atoms with Crippen molar-refractivity contribution in [2.24, 2.45) is 11.3 Å². The normalized spacial score (nSPS) is 24.3. The molecule has 1 saturated carbocycles. The Labute approximate surface area is 112 Å². The standard InChI is InChI=1S/C16H29NO/c1-14(2)13-16(9-5-3-6-10-16)15(18)17-11-7-4-8-12-17/h14H,3-13H2,1-2H3. The van der Waals surface area contributed by atoms with E-state index in [-0.39, 0.29) is 5.41 Å². The molecule has 0 aromatic rings. The second-order valence-electron chi connectivity index (χ2n) is 6.79. The van der Waals surface area contributed by atoms with Gasteiger partial charge in [-0.3, -0.25) is 4.79 Å². The second kappa shape index (κ2) is 6.08. The summed E-state index contributed by atoms with van der Waals surface area (Å²) in [5.41, 5.74) is 0.00373. The summed E-state index contributed by atoms with van der Waals surface area (Å²) < 4.78 is 0. The van der Waals surface area contributed by atoms with Crippen LogP contribution in [0.15, 0.2) is 0 Å². The molecule has 2 fully saturated rings. The van der Waals surface area contributed by atoms with Crippen molar-refractivity contribution in [3.05, 3.63) is 0 Å². The molecule has 2 heteroatoms. The summed E-state index contributed by atoms with van der Waals surface area (Å²) in [5.74, 6) is 1.13. The van der Waals surface area contributed by atoms with E-state index in [9.17, 15) is 4.79 Å². The summed E-state index contributed by atoms with van der Waals surface area (Å²) in [6.07, 6.45) is 10.9. The number of hydrogen-bond donors (Lipinski definition) is 0. The Morgan fingerprint density at radius 3 is 2.11 bits per heavy atom. The van der Waals surface area contributed by atoms with Crippen molar-refractivity contribution in [2.75, 3.05) is 13.1 Å². The predicted molar refractivity (Wildman–Crippen MR) is 75.4 cm³/mol. The molecular formula is C16H29NO. The third-order valence-electron chi connectivity index (χ3n) is 4.71. The summed E-state index contributed by atoms with van der Waals surface area (Å²) in [6.45, 7) is 6.55. The van der Waals surface area contributed by atoms with Crippen molar-refractivity contribution >= 4 is 5.91 Å². The zero-order valence-corrected chi connectivity index (χ0v) is 12.2. The van der Waals surface area contributed by atoms with Crippen LogP contribution in [0.3, 0.4) is 0 Å². The zero-order valence-electron chi connectivity index (χ0n) is 12.2. The highest BCUT2D eigenvalue weighted by Gasteiger charge is 2.42. The highest BCUT2D eigenvalue weighted by atomic mass is 16.2. The van der Waals surface area contributed by atoms with Gasteiger partial charge in [0.15, 0.2) is 0 Å². The van der Waals surface area contributed by atoms with E-state index in [1.54, 1.807) is 0 Å². The van der Waals surface area contributed by atoms with Gasteiger partial charge in [0.2, 0.25) is 5.91 Å². The van der Waals surface area contributed by atoms with Crippen LogP contribution in [0.2, 0.25) is 0 Å². The Morgan fingerprint density at radius 2 is 1.56 bits per heavy atom. The Hall–Kier alpha value is -0.530. The highest BCUT2D eigenvalue weighted by molar-refractivity contribution is 5.83. The Bertz CT molecular complexity index is 273. The topological polar surface area (TPSA) is 20.3 Å². The maximum Gasteiger partial charge on any atom is 0.228 e. The van der Waals surface area contributed by atoms with Crippen molar-refractivity contribution in [2.45, 2.75) is 71.6 Å². The molecule has 1 aliphatic carbocycles. The largest absolute Gasteiger partial charge is 0.342 e. The van der Waals surface area contributed by atoms with Gasteiger partial charge in [0.05, 0.1) is 0 Å². The summed E-state index contributed by atoms with van der Waals surface area (Å²) in [6, 6.07) is 0. The SMILES string of the molecule is CC(C)CC1(C(=O)N2CCCCC2)CCCCC1. The molecule has 2 aliphatic rings. The number of carbonyl (C=O) groups is 1. The van der Waals surface area contributed by atoms with E-state index in [1.807, 2.05) is 0 Å². The van der Waals surface area contributed by atoms with E-state index >= 15 is 0 Å². The quantitative estimate of drug-likeness (QED) is 0.742. The zero-order chi connectivity index (χ0) is 13.0. The van der Waals surface area contributed by atoms with Crippen LogP contribution in [0.1, 0.15) is 71.6 Å². The van der Waals surface area contributed by atoms with Crippen molar-refractivity contribution < 1.29 is 4.79 Å². The van der Waals surface area contributed by atoms with Crippen LogP contribution in [-0.4, -0.2) is 23.9 Å². The van der Waals surface area contributed by atoms with Gasteiger partial charge in [0, 0.05) is 18.5 Å². The Balaban J connectivity index is 2.08. The van der Waals surface area contributed by atoms with Crippen molar-refractivity contribution in [1.82, 2.24) is 4.90 Å². The lowest BCUT2D eigenvalue weighted by Gasteiger charge is -2.42. The van der Waals surface area contributed by atoms with E-state index in [1.165, 1.54) is 38.5 Å². The number of rotatable bonds is 3. The van der Waals surface area contributed by atoms with Crippen LogP contribution in [0.25, 0.3) is 0 Å². The van der Waals surface area contributed by atoms with Crippen molar-refractivity contribution in [3.8, 4) is 0 Å². The molecule has 2 nitrogen and oxygen atoms in total. The summed E-state index contributed by atoms with van der Waals surface area (Å²) >= 11 is 0. The van der Waals surface area contributed by atoms with Gasteiger partial charge < -0.3 is 4.90 Å². The third kappa shape index (κ3) is 3.07. The van der Waals surface area contributed by atoms with E-state index < -0.39 is 0 Å². The van der Waals surface area contributed by atoms with Gasteiger partial charge in [-0.15, -0.1) is 0 Å². The Kier molecular flexibility index (Phi) is 4.69. The summed E-state index contributed by atoms with van der Waals surface area (Å²) in [5, 5.41) is 0. The first-order valence-electron chi connectivity index (χ1n) is 7.93. The molecule has 0 unspecified atom stereocenters. The van der Waals surface area contributed by atoms with Crippen LogP contribution in [0.4, 0.5) is 0 Å². The average Bonchev–Trinajstić information content (AvgIpc) is 2.39. The van der Waals surface area contributed by atoms with E-state index in [4.69, 9.17) is 0 Å². The number of piperidine rings is 1. The van der Waals surface area contributed by atoms with E-state index in [0.717, 1.165) is 32.4 Å². The minimum atomic E-state index is 0.00373. The van der Waals surface area contributed by atoms with Gasteiger partial charge in [-0.1, -0.05) is 33.1 Å². The second-order valence-corrected chi connectivity index (χ2v) is 6.79. The number of nitrogens with zero attached hydrogens (tertiary/aromatic N) is 1. The molecule has 18 heavy (non-hydrogen) atoms. The van der Waals surface area contributed by atoms with Crippen LogP contribution < -0.4 is 0 Å². The lowest BCUT2D eigenvalue weighted by atomic mass is 9.68. The monoisotopic (exact) mass is 251 g/mol. The number of amides is 1. The first-order chi connectivity index (χ1) is 8.64. The number of carbonyl (C=O) groups excluding carboxylic acids is 1. The Morgan fingerprint density at radius 1 is 1.00 bits per heavy atom. The molecular weight excluding hydrogens is 222 g/mol. The lowest BCUT2D eigenvalue weighted by Crippen LogP contribution is -2.47. The fourth-order valence-corrected chi connectivity index (χ4v) is 3.95. The van der Waals surface area contributed by atoms with Gasteiger partial charge in [-0.05, 0) is 44.4 Å². The maximum absolute atomic E-state index is 12.9. The minimum Gasteiger partial charge on any atom is -0.342 e. The van der Waals surface area contributed by atoms with Gasteiger partial charge >= 0.3 is 0 Å². The molecule has 1 heterocycles. The van der Waals surface area contributed by atoms with Gasteiger partial charge in [-0.2, -0.15) is 0 Å². The third-order valence-corrected chi connectivity index (χ3v) is 4.71. The molecule has 0 radical (unpaired) electrons. The summed E-state index contributed by atoms with van der Waals surface area (Å²) in [4.78, 5) is 15.1. The first-order valence-corrected chi connectivity index (χ1v) is 7.93. The van der Waals surface area contributed by atoms with E-state index in [2.05, 4.69) is 18.7 Å². The molecule has 0 N–H and O–H groups in total. The first kappa shape index (κ1) is 13.9. The maximum atomic E-state index is 12.9. The van der Waals surface area contributed by atoms with Crippen LogP contribution in [0.5, 0.6) is 0 Å². The minimum absolute atomic E-state index is 0.00373. The van der Waals surface area contributed by atoms with Crippen molar-refractivity contribution in [1.29, 1.82) is 0 Å². The lowest BCUT2D eigenvalue weighted by molar-refractivity contribution is -0.146. The average molecular weight is 251 g/mol. The molecule has 0 aromatic carbocycles. The molecule has 104 valence electrons. The van der Waals surface area contributed by atoms with Gasteiger partial charge in [0.1, 0.15) is 0 Å². The van der Waals surface area contributed by atoms with Crippen LogP contribution in [0, 0.1) is 11.3 Å². The van der Waals surface area contributed by atoms with Crippen molar-refractivity contribution in [3.63, 3.8) is 0 Å². The summed E-state index contributed by atoms with van der Waals surface area (Å²) in [7, 11) is 0. The molecule has 1 aliphatic heterocycles. The molecule has 0 spiro atoms. The molecule has 0 aromatic heterocycles. The number of hydrogen-bond acceptors (Lipinski definition) is 1. The smallest absolute Gasteiger partial charge is 0.228 e. The van der Waals surface area contributed by atoms with Crippen LogP contribution >= 0.6 is 0 Å². The fraction of sp³-hybridized carbons (Fsp3) is 0.938. The van der Waals surface area contributed by atoms with Gasteiger partial charge in [-0.25, -0.2) is 0 Å². The predicted octanol–water partition coefficient (Wildman–Crippen LogP) is 4.00. The molecule has 0 bridgehead atoms. The van der Waals surface area contributed by atoms with Gasteiger partial charge in [0.25, 0.3) is 0 Å². The molecule has 2 rings (SSSR count). The van der Waals surface area contributed by atoms with Crippen LogP contribution in [-0.2, 0) is 4.79 Å². The molecule has 0 atom stereocenters.